The molecular weight excluding hydrogens is 206 g/mol. The summed E-state index contributed by atoms with van der Waals surface area (Å²) >= 11 is 0. The predicted molar refractivity (Wildman–Crippen MR) is 65.2 cm³/mol. The van der Waals surface area contributed by atoms with Gasteiger partial charge in [0.1, 0.15) is 0 Å². The van der Waals surface area contributed by atoms with Crippen molar-refractivity contribution in [2.24, 2.45) is 11.7 Å². The summed E-state index contributed by atoms with van der Waals surface area (Å²) in [4.78, 5) is 0. The summed E-state index contributed by atoms with van der Waals surface area (Å²) in [7, 11) is -0.603. The Kier molecular flexibility index (Phi) is 3.83. The van der Waals surface area contributed by atoms with Crippen LogP contribution in [0.4, 0.5) is 0 Å². The maximum Gasteiger partial charge on any atom is 0.0366 e. The molecule has 2 nitrogen and oxygen atoms in total. The molecule has 0 aromatic rings. The number of rotatable bonds is 2. The first-order chi connectivity index (χ1) is 7.16. The lowest BCUT2D eigenvalue weighted by atomic mass is 9.91. The zero-order valence-corrected chi connectivity index (χ0v) is 10.5. The monoisotopic (exact) mass is 229 g/mol. The molecule has 2 rings (SSSR count). The summed E-state index contributed by atoms with van der Waals surface area (Å²) in [5.74, 6) is 0.780. The molecule has 2 aliphatic carbocycles. The first-order valence-electron chi connectivity index (χ1n) is 6.31. The molecule has 2 saturated carbocycles. The van der Waals surface area contributed by atoms with Crippen LogP contribution >= 0.6 is 0 Å². The van der Waals surface area contributed by atoms with E-state index in [2.05, 4.69) is 6.92 Å². The standard InChI is InChI=1S/C12H23NOS/c1-9-3-2-4-11(7-9)15(14)12-6-5-10(13)8-12/h9-12H,2-8,13H2,1H3. The molecule has 0 spiro atoms. The maximum atomic E-state index is 12.3. The fourth-order valence-corrected chi connectivity index (χ4v) is 5.31. The molecule has 5 atom stereocenters. The summed E-state index contributed by atoms with van der Waals surface area (Å²) in [6, 6.07) is 0.319. The lowest BCUT2D eigenvalue weighted by molar-refractivity contribution is 0.388. The third-order valence-electron chi connectivity index (χ3n) is 3.97. The van der Waals surface area contributed by atoms with Gasteiger partial charge < -0.3 is 5.73 Å². The third-order valence-corrected chi connectivity index (χ3v) is 6.14. The largest absolute Gasteiger partial charge is 0.328 e. The lowest BCUT2D eigenvalue weighted by Crippen LogP contribution is -2.30. The van der Waals surface area contributed by atoms with Crippen molar-refractivity contribution < 1.29 is 4.21 Å². The van der Waals surface area contributed by atoms with Crippen LogP contribution in [0.15, 0.2) is 0 Å². The SMILES string of the molecule is CC1CCCC(S(=O)C2CCC(N)C2)C1. The summed E-state index contributed by atoms with van der Waals surface area (Å²) in [5, 5.41) is 0.888. The van der Waals surface area contributed by atoms with Gasteiger partial charge in [-0.05, 0) is 38.0 Å². The Morgan fingerprint density at radius 3 is 2.40 bits per heavy atom. The second-order valence-corrected chi connectivity index (χ2v) is 7.41. The normalized spacial score (nSPS) is 44.1. The van der Waals surface area contributed by atoms with Crippen molar-refractivity contribution in [3.8, 4) is 0 Å². The molecule has 88 valence electrons. The second kappa shape index (κ2) is 4.96. The van der Waals surface area contributed by atoms with Crippen LogP contribution in [0.2, 0.25) is 0 Å². The highest BCUT2D eigenvalue weighted by Crippen LogP contribution is 2.32. The summed E-state index contributed by atoms with van der Waals surface area (Å²) in [5.41, 5.74) is 5.89. The summed E-state index contributed by atoms with van der Waals surface area (Å²) in [6.45, 7) is 2.30. The zero-order valence-electron chi connectivity index (χ0n) is 9.65. The molecule has 0 aliphatic heterocycles. The fourth-order valence-electron chi connectivity index (χ4n) is 3.05. The number of hydrogen-bond donors (Lipinski definition) is 1. The van der Waals surface area contributed by atoms with Crippen LogP contribution in [-0.4, -0.2) is 20.8 Å². The van der Waals surface area contributed by atoms with Crippen LogP contribution in [0, 0.1) is 5.92 Å². The van der Waals surface area contributed by atoms with Gasteiger partial charge in [0.05, 0.1) is 0 Å². The molecular formula is C12H23NOS. The Balaban J connectivity index is 1.89. The van der Waals surface area contributed by atoms with E-state index >= 15 is 0 Å². The van der Waals surface area contributed by atoms with Gasteiger partial charge in [-0.3, -0.25) is 4.21 Å². The van der Waals surface area contributed by atoms with E-state index < -0.39 is 10.8 Å². The third kappa shape index (κ3) is 2.82. The smallest absolute Gasteiger partial charge is 0.0366 e. The Bertz CT molecular complexity index is 244. The molecule has 2 fully saturated rings. The molecule has 0 amide bonds. The van der Waals surface area contributed by atoms with Gasteiger partial charge in [-0.1, -0.05) is 19.8 Å². The van der Waals surface area contributed by atoms with Crippen molar-refractivity contribution in [1.82, 2.24) is 0 Å². The topological polar surface area (TPSA) is 43.1 Å². The van der Waals surface area contributed by atoms with Crippen LogP contribution in [0.3, 0.4) is 0 Å². The molecule has 3 heteroatoms. The minimum Gasteiger partial charge on any atom is -0.328 e. The van der Waals surface area contributed by atoms with Gasteiger partial charge in [-0.25, -0.2) is 0 Å². The van der Waals surface area contributed by atoms with E-state index in [9.17, 15) is 4.21 Å². The molecule has 5 unspecified atom stereocenters. The van der Waals surface area contributed by atoms with E-state index in [-0.39, 0.29) is 0 Å². The van der Waals surface area contributed by atoms with Gasteiger partial charge >= 0.3 is 0 Å². The molecule has 0 heterocycles. The average molecular weight is 229 g/mol. The second-order valence-electron chi connectivity index (χ2n) is 5.42. The molecule has 0 radical (unpaired) electrons. The molecule has 2 aliphatic rings. The van der Waals surface area contributed by atoms with Crippen molar-refractivity contribution in [3.05, 3.63) is 0 Å². The summed E-state index contributed by atoms with van der Waals surface area (Å²) in [6.07, 6.45) is 8.14. The van der Waals surface area contributed by atoms with E-state index in [1.54, 1.807) is 0 Å². The fraction of sp³-hybridized carbons (Fsp3) is 1.00. The first-order valence-corrected chi connectivity index (χ1v) is 7.59. The molecule has 0 saturated heterocycles. The van der Waals surface area contributed by atoms with Crippen LogP contribution in [0.1, 0.15) is 51.9 Å². The minimum absolute atomic E-state index is 0.319. The zero-order chi connectivity index (χ0) is 10.8. The van der Waals surface area contributed by atoms with Crippen LogP contribution in [0.25, 0.3) is 0 Å². The molecule has 2 N–H and O–H groups in total. The van der Waals surface area contributed by atoms with Crippen LogP contribution in [-0.2, 0) is 10.8 Å². The molecule has 0 bridgehead atoms. The van der Waals surface area contributed by atoms with Crippen molar-refractivity contribution in [3.63, 3.8) is 0 Å². The number of nitrogens with two attached hydrogens (primary N) is 1. The Hall–Kier alpha value is 0.110. The van der Waals surface area contributed by atoms with E-state index in [0.29, 0.717) is 16.5 Å². The van der Waals surface area contributed by atoms with Crippen molar-refractivity contribution >= 4 is 10.8 Å². The van der Waals surface area contributed by atoms with Crippen molar-refractivity contribution in [1.29, 1.82) is 0 Å². The van der Waals surface area contributed by atoms with Gasteiger partial charge in [0.15, 0.2) is 0 Å². The Morgan fingerprint density at radius 1 is 1.07 bits per heavy atom. The molecule has 15 heavy (non-hydrogen) atoms. The van der Waals surface area contributed by atoms with Crippen LogP contribution in [0.5, 0.6) is 0 Å². The van der Waals surface area contributed by atoms with Gasteiger partial charge in [0.25, 0.3) is 0 Å². The molecule has 0 aromatic carbocycles. The van der Waals surface area contributed by atoms with Gasteiger partial charge in [-0.15, -0.1) is 0 Å². The quantitative estimate of drug-likeness (QED) is 0.789. The Labute approximate surface area is 95.5 Å². The number of hydrogen-bond acceptors (Lipinski definition) is 2. The maximum absolute atomic E-state index is 12.3. The van der Waals surface area contributed by atoms with Gasteiger partial charge in [0, 0.05) is 27.3 Å². The Morgan fingerprint density at radius 2 is 1.80 bits per heavy atom. The lowest BCUT2D eigenvalue weighted by Gasteiger charge is -2.28. The van der Waals surface area contributed by atoms with E-state index in [1.807, 2.05) is 0 Å². The van der Waals surface area contributed by atoms with Crippen LogP contribution < -0.4 is 5.73 Å². The average Bonchev–Trinajstić information content (AvgIpc) is 2.64. The van der Waals surface area contributed by atoms with Crippen molar-refractivity contribution in [2.45, 2.75) is 68.4 Å². The highest BCUT2D eigenvalue weighted by Gasteiger charge is 2.33. The first kappa shape index (κ1) is 11.6. The van der Waals surface area contributed by atoms with Gasteiger partial charge in [-0.2, -0.15) is 0 Å². The highest BCUT2D eigenvalue weighted by molar-refractivity contribution is 7.86. The van der Waals surface area contributed by atoms with E-state index in [0.717, 1.165) is 25.2 Å². The van der Waals surface area contributed by atoms with Gasteiger partial charge in [0.2, 0.25) is 0 Å². The predicted octanol–water partition coefficient (Wildman–Crippen LogP) is 2.19. The minimum atomic E-state index is -0.603. The highest BCUT2D eigenvalue weighted by atomic mass is 32.2. The van der Waals surface area contributed by atoms with E-state index in [4.69, 9.17) is 5.73 Å². The summed E-state index contributed by atoms with van der Waals surface area (Å²) < 4.78 is 12.3. The van der Waals surface area contributed by atoms with Crippen molar-refractivity contribution in [2.75, 3.05) is 0 Å². The van der Waals surface area contributed by atoms with E-state index in [1.165, 1.54) is 25.7 Å². The molecule has 0 aromatic heterocycles.